The molecule has 1 aromatic carbocycles. The molecule has 5 nitrogen and oxygen atoms in total. The predicted octanol–water partition coefficient (Wildman–Crippen LogP) is 2.47. The Kier molecular flexibility index (Phi) is 4.70. The van der Waals surface area contributed by atoms with Crippen molar-refractivity contribution in [1.29, 1.82) is 0 Å². The van der Waals surface area contributed by atoms with Crippen LogP contribution in [-0.2, 0) is 11.3 Å². The van der Waals surface area contributed by atoms with E-state index in [1.54, 1.807) is 0 Å². The Morgan fingerprint density at radius 3 is 2.74 bits per heavy atom. The molecule has 0 fully saturated rings. The molecule has 0 aliphatic rings. The van der Waals surface area contributed by atoms with Crippen molar-refractivity contribution in [2.75, 3.05) is 11.9 Å². The third kappa shape index (κ3) is 4.50. The van der Waals surface area contributed by atoms with Gasteiger partial charge in [0.05, 0.1) is 18.8 Å². The Labute approximate surface area is 119 Å². The average molecular weight is 324 g/mol. The van der Waals surface area contributed by atoms with Crippen molar-refractivity contribution in [2.24, 2.45) is 0 Å². The Hall–Kier alpha value is -1.66. The molecule has 6 heteroatoms. The Morgan fingerprint density at radius 2 is 2.11 bits per heavy atom. The molecule has 0 spiro atoms. The van der Waals surface area contributed by atoms with Crippen molar-refractivity contribution in [3.63, 3.8) is 0 Å². The minimum atomic E-state index is -0.0986. The topological polar surface area (TPSA) is 67.2 Å². The fourth-order valence-corrected chi connectivity index (χ4v) is 1.80. The molecule has 0 unspecified atom stereocenters. The van der Waals surface area contributed by atoms with Crippen molar-refractivity contribution < 1.29 is 9.32 Å². The minimum absolute atomic E-state index is 0.0986. The summed E-state index contributed by atoms with van der Waals surface area (Å²) in [5.74, 6) is 0.618. The SMILES string of the molecule is Cc1cc(CNCC(=O)Nc2ccc(Br)cc2)on1. The zero-order valence-corrected chi connectivity index (χ0v) is 12.0. The molecule has 0 atom stereocenters. The van der Waals surface area contributed by atoms with Gasteiger partial charge in [-0.25, -0.2) is 0 Å². The fourth-order valence-electron chi connectivity index (χ4n) is 1.54. The van der Waals surface area contributed by atoms with Gasteiger partial charge in [-0.15, -0.1) is 0 Å². The first-order valence-corrected chi connectivity index (χ1v) is 6.61. The summed E-state index contributed by atoms with van der Waals surface area (Å²) in [4.78, 5) is 11.7. The van der Waals surface area contributed by atoms with Gasteiger partial charge in [0.15, 0.2) is 5.76 Å². The molecule has 0 bridgehead atoms. The first-order valence-electron chi connectivity index (χ1n) is 5.82. The van der Waals surface area contributed by atoms with Crippen LogP contribution in [0.25, 0.3) is 0 Å². The number of aromatic nitrogens is 1. The molecular weight excluding hydrogens is 310 g/mol. The van der Waals surface area contributed by atoms with E-state index in [0.29, 0.717) is 12.3 Å². The van der Waals surface area contributed by atoms with Crippen LogP contribution in [0, 0.1) is 6.92 Å². The third-order valence-corrected chi connectivity index (χ3v) is 2.92. The number of nitrogens with zero attached hydrogens (tertiary/aromatic N) is 1. The quantitative estimate of drug-likeness (QED) is 0.887. The van der Waals surface area contributed by atoms with Crippen molar-refractivity contribution >= 4 is 27.5 Å². The van der Waals surface area contributed by atoms with Crippen molar-refractivity contribution in [1.82, 2.24) is 10.5 Å². The van der Waals surface area contributed by atoms with Gasteiger partial charge in [-0.2, -0.15) is 0 Å². The van der Waals surface area contributed by atoms with Gasteiger partial charge in [0.25, 0.3) is 0 Å². The predicted molar refractivity (Wildman–Crippen MR) is 75.7 cm³/mol. The first kappa shape index (κ1) is 13.8. The zero-order valence-electron chi connectivity index (χ0n) is 10.4. The molecule has 1 aromatic heterocycles. The lowest BCUT2D eigenvalue weighted by atomic mass is 10.3. The van der Waals surface area contributed by atoms with Gasteiger partial charge in [-0.05, 0) is 31.2 Å². The summed E-state index contributed by atoms with van der Waals surface area (Å²) in [7, 11) is 0. The molecular formula is C13H14BrN3O2. The van der Waals surface area contributed by atoms with Gasteiger partial charge in [-0.1, -0.05) is 21.1 Å². The number of halogens is 1. The molecule has 0 saturated heterocycles. The molecule has 2 aromatic rings. The van der Waals surface area contributed by atoms with Gasteiger partial charge in [-0.3, -0.25) is 4.79 Å². The monoisotopic (exact) mass is 323 g/mol. The van der Waals surface area contributed by atoms with Gasteiger partial charge in [0.2, 0.25) is 5.91 Å². The number of anilines is 1. The largest absolute Gasteiger partial charge is 0.360 e. The number of amides is 1. The van der Waals surface area contributed by atoms with Crippen LogP contribution in [0.4, 0.5) is 5.69 Å². The lowest BCUT2D eigenvalue weighted by molar-refractivity contribution is -0.115. The number of hydrogen-bond acceptors (Lipinski definition) is 4. The first-order chi connectivity index (χ1) is 9.13. The number of hydrogen-bond donors (Lipinski definition) is 2. The molecule has 2 N–H and O–H groups in total. The Bertz CT molecular complexity index is 551. The van der Waals surface area contributed by atoms with Crippen LogP contribution in [0.1, 0.15) is 11.5 Å². The molecule has 0 aliphatic carbocycles. The van der Waals surface area contributed by atoms with E-state index in [2.05, 4.69) is 31.7 Å². The van der Waals surface area contributed by atoms with Crippen LogP contribution in [-0.4, -0.2) is 17.6 Å². The number of carbonyl (C=O) groups is 1. The van der Waals surface area contributed by atoms with Gasteiger partial charge in [0, 0.05) is 16.2 Å². The highest BCUT2D eigenvalue weighted by molar-refractivity contribution is 9.10. The number of benzene rings is 1. The Morgan fingerprint density at radius 1 is 1.37 bits per heavy atom. The lowest BCUT2D eigenvalue weighted by Crippen LogP contribution is -2.27. The maximum absolute atomic E-state index is 11.7. The van der Waals surface area contributed by atoms with Crippen LogP contribution in [0.5, 0.6) is 0 Å². The summed E-state index contributed by atoms with van der Waals surface area (Å²) in [5, 5.41) is 9.55. The summed E-state index contributed by atoms with van der Waals surface area (Å²) in [6.07, 6.45) is 0. The van der Waals surface area contributed by atoms with Crippen LogP contribution < -0.4 is 10.6 Å². The second kappa shape index (κ2) is 6.49. The van der Waals surface area contributed by atoms with Crippen LogP contribution in [0.3, 0.4) is 0 Å². The van der Waals surface area contributed by atoms with Crippen molar-refractivity contribution in [3.8, 4) is 0 Å². The standard InChI is InChI=1S/C13H14BrN3O2/c1-9-6-12(19-17-9)7-15-8-13(18)16-11-4-2-10(14)3-5-11/h2-6,15H,7-8H2,1H3,(H,16,18). The maximum Gasteiger partial charge on any atom is 0.238 e. The van der Waals surface area contributed by atoms with E-state index >= 15 is 0 Å². The van der Waals surface area contributed by atoms with E-state index in [1.807, 2.05) is 37.3 Å². The Balaban J connectivity index is 1.74. The lowest BCUT2D eigenvalue weighted by Gasteiger charge is -2.05. The number of rotatable bonds is 5. The maximum atomic E-state index is 11.7. The van der Waals surface area contributed by atoms with Crippen LogP contribution in [0.15, 0.2) is 39.3 Å². The number of aryl methyl sites for hydroxylation is 1. The normalized spacial score (nSPS) is 10.4. The van der Waals surface area contributed by atoms with E-state index in [4.69, 9.17) is 4.52 Å². The molecule has 1 amide bonds. The minimum Gasteiger partial charge on any atom is -0.360 e. The molecule has 19 heavy (non-hydrogen) atoms. The third-order valence-electron chi connectivity index (χ3n) is 2.39. The summed E-state index contributed by atoms with van der Waals surface area (Å²) >= 11 is 3.34. The van der Waals surface area contributed by atoms with Gasteiger partial charge >= 0.3 is 0 Å². The second-order valence-corrected chi connectivity index (χ2v) is 5.01. The van der Waals surface area contributed by atoms with Gasteiger partial charge < -0.3 is 15.2 Å². The van der Waals surface area contributed by atoms with E-state index in [9.17, 15) is 4.79 Å². The zero-order chi connectivity index (χ0) is 13.7. The van der Waals surface area contributed by atoms with E-state index < -0.39 is 0 Å². The highest BCUT2D eigenvalue weighted by Crippen LogP contribution is 2.13. The molecule has 2 rings (SSSR count). The highest BCUT2D eigenvalue weighted by atomic mass is 79.9. The molecule has 0 saturated carbocycles. The summed E-state index contributed by atoms with van der Waals surface area (Å²) in [6.45, 7) is 2.55. The molecule has 0 radical (unpaired) electrons. The van der Waals surface area contributed by atoms with E-state index in [0.717, 1.165) is 15.9 Å². The van der Waals surface area contributed by atoms with Crippen molar-refractivity contribution in [2.45, 2.75) is 13.5 Å². The smallest absolute Gasteiger partial charge is 0.238 e. The number of nitrogens with one attached hydrogen (secondary N) is 2. The van der Waals surface area contributed by atoms with Crippen LogP contribution in [0.2, 0.25) is 0 Å². The van der Waals surface area contributed by atoms with Crippen LogP contribution >= 0.6 is 15.9 Å². The summed E-state index contributed by atoms with van der Waals surface area (Å²) < 4.78 is 6.00. The molecule has 0 aliphatic heterocycles. The van der Waals surface area contributed by atoms with Gasteiger partial charge in [0.1, 0.15) is 0 Å². The second-order valence-electron chi connectivity index (χ2n) is 4.09. The average Bonchev–Trinajstić information content (AvgIpc) is 2.78. The molecule has 1 heterocycles. The summed E-state index contributed by atoms with van der Waals surface area (Å²) in [5.41, 5.74) is 1.60. The van der Waals surface area contributed by atoms with E-state index in [1.165, 1.54) is 0 Å². The number of carbonyl (C=O) groups excluding carboxylic acids is 1. The van der Waals surface area contributed by atoms with E-state index in [-0.39, 0.29) is 12.5 Å². The highest BCUT2D eigenvalue weighted by Gasteiger charge is 2.04. The fraction of sp³-hybridized carbons (Fsp3) is 0.231. The molecule has 100 valence electrons. The van der Waals surface area contributed by atoms with Crippen molar-refractivity contribution in [3.05, 3.63) is 46.3 Å². The summed E-state index contributed by atoms with van der Waals surface area (Å²) in [6, 6.07) is 9.25.